The van der Waals surface area contributed by atoms with E-state index in [1.54, 1.807) is 0 Å². The molecule has 0 aliphatic carbocycles. The summed E-state index contributed by atoms with van der Waals surface area (Å²) in [6, 6.07) is 0.417. The van der Waals surface area contributed by atoms with Crippen molar-refractivity contribution in [3.63, 3.8) is 0 Å². The van der Waals surface area contributed by atoms with Crippen molar-refractivity contribution in [2.75, 3.05) is 0 Å². The van der Waals surface area contributed by atoms with Crippen LogP contribution in [0, 0.1) is 12.8 Å². The summed E-state index contributed by atoms with van der Waals surface area (Å²) in [5.41, 5.74) is 3.10. The lowest BCUT2D eigenvalue weighted by Gasteiger charge is -2.23. The van der Waals surface area contributed by atoms with Crippen molar-refractivity contribution in [1.82, 2.24) is 19.3 Å². The van der Waals surface area contributed by atoms with Gasteiger partial charge in [-0.2, -0.15) is 5.10 Å². The van der Waals surface area contributed by atoms with Crippen molar-refractivity contribution in [2.24, 2.45) is 5.92 Å². The van der Waals surface area contributed by atoms with Gasteiger partial charge in [-0.15, -0.1) is 11.6 Å². The van der Waals surface area contributed by atoms with E-state index in [2.05, 4.69) is 37.4 Å². The van der Waals surface area contributed by atoms with Crippen LogP contribution in [0.5, 0.6) is 0 Å². The first-order valence-corrected chi connectivity index (χ1v) is 7.58. The van der Waals surface area contributed by atoms with Gasteiger partial charge in [0.2, 0.25) is 0 Å². The third-order valence-electron chi connectivity index (χ3n) is 3.76. The summed E-state index contributed by atoms with van der Waals surface area (Å²) < 4.78 is 4.34. The van der Waals surface area contributed by atoms with Crippen molar-refractivity contribution in [1.29, 1.82) is 0 Å². The monoisotopic (exact) mass is 282 g/mol. The number of rotatable bonds is 5. The van der Waals surface area contributed by atoms with E-state index in [1.807, 2.05) is 11.6 Å². The highest BCUT2D eigenvalue weighted by Crippen LogP contribution is 2.30. The van der Waals surface area contributed by atoms with E-state index in [0.29, 0.717) is 17.8 Å². The maximum absolute atomic E-state index is 6.10. The van der Waals surface area contributed by atoms with Crippen molar-refractivity contribution < 1.29 is 0 Å². The van der Waals surface area contributed by atoms with Gasteiger partial charge in [-0.05, 0) is 26.2 Å². The molecule has 0 amide bonds. The third-order valence-corrected chi connectivity index (χ3v) is 3.99. The SMILES string of the molecule is CCC(C(C)C)n1c(CCl)nc2c(C)nn(CC)c21. The van der Waals surface area contributed by atoms with Crippen molar-refractivity contribution in [3.8, 4) is 0 Å². The van der Waals surface area contributed by atoms with Gasteiger partial charge in [-0.25, -0.2) is 9.67 Å². The molecule has 1 atom stereocenters. The minimum atomic E-state index is 0.417. The standard InChI is InChI=1S/C14H23ClN4/c1-6-11(9(3)4)19-12(8-15)16-13-10(5)17-18(7-2)14(13)19/h9,11H,6-8H2,1-5H3. The molecule has 0 aliphatic heterocycles. The molecule has 2 aromatic heterocycles. The van der Waals surface area contributed by atoms with Crippen LogP contribution in [0.25, 0.3) is 11.2 Å². The van der Waals surface area contributed by atoms with Gasteiger partial charge >= 0.3 is 0 Å². The molecule has 2 rings (SSSR count). The molecule has 0 radical (unpaired) electrons. The molecule has 0 aromatic carbocycles. The maximum atomic E-state index is 6.10. The van der Waals surface area contributed by atoms with E-state index in [1.165, 1.54) is 0 Å². The van der Waals surface area contributed by atoms with Crippen LogP contribution >= 0.6 is 11.6 Å². The van der Waals surface area contributed by atoms with E-state index in [4.69, 9.17) is 16.6 Å². The first kappa shape index (κ1) is 14.4. The molecule has 4 nitrogen and oxygen atoms in total. The second-order valence-corrected chi connectivity index (χ2v) is 5.59. The lowest BCUT2D eigenvalue weighted by Crippen LogP contribution is -2.18. The number of aryl methyl sites for hydroxylation is 2. The number of nitrogens with zero attached hydrogens (tertiary/aromatic N) is 4. The zero-order chi connectivity index (χ0) is 14.2. The highest BCUT2D eigenvalue weighted by atomic mass is 35.5. The Morgan fingerprint density at radius 2 is 1.95 bits per heavy atom. The predicted molar refractivity (Wildman–Crippen MR) is 79.7 cm³/mol. The Hall–Kier alpha value is -1.03. The number of aromatic nitrogens is 4. The van der Waals surface area contributed by atoms with Gasteiger partial charge in [-0.1, -0.05) is 20.8 Å². The Morgan fingerprint density at radius 1 is 1.26 bits per heavy atom. The molecule has 106 valence electrons. The second-order valence-electron chi connectivity index (χ2n) is 5.32. The predicted octanol–water partition coefficient (Wildman–Crippen LogP) is 3.91. The maximum Gasteiger partial charge on any atom is 0.159 e. The first-order chi connectivity index (χ1) is 9.04. The summed E-state index contributed by atoms with van der Waals surface area (Å²) in [7, 11) is 0. The minimum Gasteiger partial charge on any atom is -0.309 e. The van der Waals surface area contributed by atoms with Gasteiger partial charge in [0.05, 0.1) is 11.6 Å². The van der Waals surface area contributed by atoms with E-state index >= 15 is 0 Å². The highest BCUT2D eigenvalue weighted by Gasteiger charge is 2.24. The summed E-state index contributed by atoms with van der Waals surface area (Å²) in [6.45, 7) is 11.7. The fourth-order valence-corrected chi connectivity index (χ4v) is 3.04. The first-order valence-electron chi connectivity index (χ1n) is 7.05. The van der Waals surface area contributed by atoms with Crippen LogP contribution < -0.4 is 0 Å². The molecular formula is C14H23ClN4. The number of halogens is 1. The third kappa shape index (κ3) is 2.27. The van der Waals surface area contributed by atoms with Crippen LogP contribution in [0.1, 0.15) is 51.7 Å². The normalized spacial score (nSPS) is 13.6. The van der Waals surface area contributed by atoms with E-state index in [-0.39, 0.29) is 0 Å². The lowest BCUT2D eigenvalue weighted by molar-refractivity contribution is 0.361. The fraction of sp³-hybridized carbons (Fsp3) is 0.714. The van der Waals surface area contributed by atoms with E-state index in [9.17, 15) is 0 Å². The quantitative estimate of drug-likeness (QED) is 0.780. The van der Waals surface area contributed by atoms with Gasteiger partial charge in [-0.3, -0.25) is 0 Å². The smallest absolute Gasteiger partial charge is 0.159 e. The van der Waals surface area contributed by atoms with Crippen LogP contribution in [-0.4, -0.2) is 19.3 Å². The summed E-state index contributed by atoms with van der Waals surface area (Å²) in [5.74, 6) is 1.95. The zero-order valence-electron chi connectivity index (χ0n) is 12.4. The molecular weight excluding hydrogens is 260 g/mol. The van der Waals surface area contributed by atoms with Crippen LogP contribution in [0.3, 0.4) is 0 Å². The van der Waals surface area contributed by atoms with Crippen molar-refractivity contribution in [3.05, 3.63) is 11.5 Å². The van der Waals surface area contributed by atoms with E-state index in [0.717, 1.165) is 35.6 Å². The summed E-state index contributed by atoms with van der Waals surface area (Å²) in [4.78, 5) is 4.70. The van der Waals surface area contributed by atoms with Crippen LogP contribution in [0.4, 0.5) is 0 Å². The number of alkyl halides is 1. The van der Waals surface area contributed by atoms with Gasteiger partial charge in [0.25, 0.3) is 0 Å². The Kier molecular flexibility index (Phi) is 4.19. The molecule has 0 N–H and O–H groups in total. The zero-order valence-corrected chi connectivity index (χ0v) is 13.2. The lowest BCUT2D eigenvalue weighted by atomic mass is 10.0. The van der Waals surface area contributed by atoms with Crippen LogP contribution in [-0.2, 0) is 12.4 Å². The second kappa shape index (κ2) is 5.53. The van der Waals surface area contributed by atoms with Crippen LogP contribution in [0.2, 0.25) is 0 Å². The fourth-order valence-electron chi connectivity index (χ4n) is 2.85. The highest BCUT2D eigenvalue weighted by molar-refractivity contribution is 6.16. The Labute approximate surface area is 119 Å². The number of imidazole rings is 1. The summed E-state index contributed by atoms with van der Waals surface area (Å²) in [5, 5.41) is 4.57. The Morgan fingerprint density at radius 3 is 2.42 bits per heavy atom. The molecule has 0 spiro atoms. The van der Waals surface area contributed by atoms with Gasteiger partial charge < -0.3 is 4.57 Å². The number of hydrogen-bond acceptors (Lipinski definition) is 2. The summed E-state index contributed by atoms with van der Waals surface area (Å²) >= 11 is 6.10. The topological polar surface area (TPSA) is 35.6 Å². The molecule has 0 saturated carbocycles. The molecule has 0 fully saturated rings. The molecule has 2 aromatic rings. The van der Waals surface area contributed by atoms with Gasteiger partial charge in [0.15, 0.2) is 5.65 Å². The summed E-state index contributed by atoms with van der Waals surface area (Å²) in [6.07, 6.45) is 1.07. The largest absolute Gasteiger partial charge is 0.309 e. The van der Waals surface area contributed by atoms with Gasteiger partial charge in [0, 0.05) is 12.6 Å². The Bertz CT molecular complexity index is 568. The number of fused-ring (bicyclic) bond motifs is 1. The van der Waals surface area contributed by atoms with Gasteiger partial charge in [0.1, 0.15) is 11.3 Å². The molecule has 0 bridgehead atoms. The average molecular weight is 283 g/mol. The molecule has 0 aliphatic rings. The average Bonchev–Trinajstić information content (AvgIpc) is 2.89. The van der Waals surface area contributed by atoms with Crippen molar-refractivity contribution in [2.45, 2.75) is 59.5 Å². The van der Waals surface area contributed by atoms with Crippen molar-refractivity contribution >= 4 is 22.8 Å². The molecule has 2 heterocycles. The van der Waals surface area contributed by atoms with E-state index < -0.39 is 0 Å². The number of hydrogen-bond donors (Lipinski definition) is 0. The minimum absolute atomic E-state index is 0.417. The van der Waals surface area contributed by atoms with Crippen LogP contribution in [0.15, 0.2) is 0 Å². The molecule has 5 heteroatoms. The molecule has 19 heavy (non-hydrogen) atoms. The molecule has 0 saturated heterocycles. The Balaban J connectivity index is 2.74. The molecule has 1 unspecified atom stereocenters.